The fourth-order valence-corrected chi connectivity index (χ4v) is 2.00. The predicted molar refractivity (Wildman–Crippen MR) is 87.8 cm³/mol. The van der Waals surface area contributed by atoms with Gasteiger partial charge < -0.3 is 19.5 Å². The molecule has 0 aliphatic carbocycles. The van der Waals surface area contributed by atoms with Crippen LogP contribution in [0.25, 0.3) is 0 Å². The Bertz CT molecular complexity index is 556. The van der Waals surface area contributed by atoms with E-state index in [-0.39, 0.29) is 5.91 Å². The van der Waals surface area contributed by atoms with E-state index in [1.165, 1.54) is 7.11 Å². The first kappa shape index (κ1) is 19.1. The molecule has 0 aromatic heterocycles. The van der Waals surface area contributed by atoms with Crippen LogP contribution in [0.5, 0.6) is 0 Å². The second-order valence-electron chi connectivity index (χ2n) is 5.16. The van der Waals surface area contributed by atoms with E-state index >= 15 is 0 Å². The van der Waals surface area contributed by atoms with Crippen molar-refractivity contribution in [3.8, 4) is 0 Å². The summed E-state index contributed by atoms with van der Waals surface area (Å²) in [5, 5.41) is 2.76. The number of rotatable bonds is 8. The molecule has 1 rings (SSSR count). The van der Waals surface area contributed by atoms with Gasteiger partial charge in [-0.1, -0.05) is 0 Å². The van der Waals surface area contributed by atoms with E-state index in [4.69, 9.17) is 14.2 Å². The molecule has 0 aliphatic rings. The van der Waals surface area contributed by atoms with Gasteiger partial charge >= 0.3 is 5.97 Å². The largest absolute Gasteiger partial charge is 0.465 e. The van der Waals surface area contributed by atoms with E-state index in [2.05, 4.69) is 5.32 Å². The zero-order valence-electron chi connectivity index (χ0n) is 14.4. The van der Waals surface area contributed by atoms with Crippen LogP contribution < -0.4 is 5.32 Å². The fourth-order valence-electron chi connectivity index (χ4n) is 2.00. The molecule has 1 atom stereocenters. The van der Waals surface area contributed by atoms with Crippen molar-refractivity contribution in [2.24, 2.45) is 0 Å². The number of anilines is 1. The first-order valence-electron chi connectivity index (χ1n) is 7.60. The molecule has 0 saturated carbocycles. The SMILES string of the molecule is CCOCCO[C@H](C)C(=O)Nc1cc(C)c(C)c(C(=O)OC)c1. The number of hydrogen-bond acceptors (Lipinski definition) is 5. The average Bonchev–Trinajstić information content (AvgIpc) is 2.53. The van der Waals surface area contributed by atoms with Crippen molar-refractivity contribution in [2.75, 3.05) is 32.2 Å². The molecule has 0 fully saturated rings. The second kappa shape index (κ2) is 9.27. The number of ether oxygens (including phenoxy) is 3. The summed E-state index contributed by atoms with van der Waals surface area (Å²) in [6.07, 6.45) is -0.612. The molecule has 0 radical (unpaired) electrons. The van der Waals surface area contributed by atoms with Crippen molar-refractivity contribution in [1.82, 2.24) is 0 Å². The quantitative estimate of drug-likeness (QED) is 0.587. The highest BCUT2D eigenvalue weighted by atomic mass is 16.5. The van der Waals surface area contributed by atoms with Crippen LogP contribution in [-0.2, 0) is 19.0 Å². The number of benzene rings is 1. The minimum atomic E-state index is -0.612. The minimum Gasteiger partial charge on any atom is -0.465 e. The second-order valence-corrected chi connectivity index (χ2v) is 5.16. The summed E-state index contributed by atoms with van der Waals surface area (Å²) in [6.45, 7) is 8.69. The molecule has 23 heavy (non-hydrogen) atoms. The molecule has 0 heterocycles. The maximum atomic E-state index is 12.1. The molecule has 1 N–H and O–H groups in total. The Morgan fingerprint density at radius 2 is 1.91 bits per heavy atom. The Morgan fingerprint density at radius 1 is 1.22 bits per heavy atom. The number of aryl methyl sites for hydroxylation is 1. The van der Waals surface area contributed by atoms with Crippen molar-refractivity contribution in [3.05, 3.63) is 28.8 Å². The Kier molecular flexibility index (Phi) is 7.71. The third kappa shape index (κ3) is 5.65. The summed E-state index contributed by atoms with van der Waals surface area (Å²) in [5.74, 6) is -0.705. The van der Waals surface area contributed by atoms with E-state index < -0.39 is 12.1 Å². The van der Waals surface area contributed by atoms with Gasteiger partial charge in [0.15, 0.2) is 0 Å². The van der Waals surface area contributed by atoms with Crippen molar-refractivity contribution in [3.63, 3.8) is 0 Å². The third-order valence-corrected chi connectivity index (χ3v) is 3.51. The van der Waals surface area contributed by atoms with Gasteiger partial charge in [-0.15, -0.1) is 0 Å². The number of carbonyl (C=O) groups is 2. The van der Waals surface area contributed by atoms with E-state index in [0.29, 0.717) is 31.1 Å². The lowest BCUT2D eigenvalue weighted by Crippen LogP contribution is -2.29. The maximum Gasteiger partial charge on any atom is 0.338 e. The predicted octanol–water partition coefficient (Wildman–Crippen LogP) is 2.47. The van der Waals surface area contributed by atoms with E-state index in [1.807, 2.05) is 26.8 Å². The number of carbonyl (C=O) groups excluding carboxylic acids is 2. The highest BCUT2D eigenvalue weighted by molar-refractivity contribution is 5.97. The first-order valence-corrected chi connectivity index (χ1v) is 7.60. The summed E-state index contributed by atoms with van der Waals surface area (Å²) < 4.78 is 15.3. The Labute approximate surface area is 137 Å². The highest BCUT2D eigenvalue weighted by Gasteiger charge is 2.17. The van der Waals surface area contributed by atoms with Crippen LogP contribution in [0.4, 0.5) is 5.69 Å². The van der Waals surface area contributed by atoms with Crippen molar-refractivity contribution >= 4 is 17.6 Å². The van der Waals surface area contributed by atoms with Gasteiger partial charge in [-0.3, -0.25) is 4.79 Å². The smallest absolute Gasteiger partial charge is 0.338 e. The van der Waals surface area contributed by atoms with Crippen molar-refractivity contribution in [2.45, 2.75) is 33.8 Å². The molecule has 0 aliphatic heterocycles. The number of hydrogen-bond donors (Lipinski definition) is 1. The van der Waals surface area contributed by atoms with Crippen LogP contribution in [-0.4, -0.2) is 44.9 Å². The molecule has 0 spiro atoms. The number of amides is 1. The molecule has 6 nitrogen and oxygen atoms in total. The first-order chi connectivity index (χ1) is 10.9. The van der Waals surface area contributed by atoms with Crippen molar-refractivity contribution < 1.29 is 23.8 Å². The standard InChI is InChI=1S/C17H25NO5/c1-6-22-7-8-23-13(4)16(19)18-14-9-11(2)12(3)15(10-14)17(20)21-5/h9-10,13H,6-8H2,1-5H3,(H,18,19)/t13-/m1/s1. The van der Waals surface area contributed by atoms with E-state index in [9.17, 15) is 9.59 Å². The number of methoxy groups -OCH3 is 1. The monoisotopic (exact) mass is 323 g/mol. The molecule has 1 aromatic carbocycles. The molecule has 128 valence electrons. The zero-order valence-corrected chi connectivity index (χ0v) is 14.4. The molecular formula is C17H25NO5. The van der Waals surface area contributed by atoms with Gasteiger partial charge in [-0.25, -0.2) is 4.79 Å². The van der Waals surface area contributed by atoms with Gasteiger partial charge in [0.25, 0.3) is 5.91 Å². The van der Waals surface area contributed by atoms with E-state index in [0.717, 1.165) is 11.1 Å². The van der Waals surface area contributed by atoms with Crippen molar-refractivity contribution in [1.29, 1.82) is 0 Å². The van der Waals surface area contributed by atoms with Gasteiger partial charge in [-0.2, -0.15) is 0 Å². The van der Waals surface area contributed by atoms with Crippen LogP contribution in [0.2, 0.25) is 0 Å². The summed E-state index contributed by atoms with van der Waals surface area (Å²) in [4.78, 5) is 23.9. The topological polar surface area (TPSA) is 73.9 Å². The molecule has 1 amide bonds. The Balaban J connectivity index is 2.74. The summed E-state index contributed by atoms with van der Waals surface area (Å²) in [6, 6.07) is 3.42. The molecule has 0 saturated heterocycles. The van der Waals surface area contributed by atoms with Crippen LogP contribution in [0.1, 0.15) is 35.3 Å². The van der Waals surface area contributed by atoms with E-state index in [1.54, 1.807) is 13.0 Å². The number of nitrogens with one attached hydrogen (secondary N) is 1. The summed E-state index contributed by atoms with van der Waals surface area (Å²) >= 11 is 0. The number of esters is 1. The Morgan fingerprint density at radius 3 is 2.52 bits per heavy atom. The van der Waals surface area contributed by atoms with Crippen LogP contribution >= 0.6 is 0 Å². The van der Waals surface area contributed by atoms with Crippen LogP contribution in [0, 0.1) is 13.8 Å². The molecule has 0 bridgehead atoms. The minimum absolute atomic E-state index is 0.277. The van der Waals surface area contributed by atoms with Crippen LogP contribution in [0.15, 0.2) is 12.1 Å². The summed E-state index contributed by atoms with van der Waals surface area (Å²) in [7, 11) is 1.33. The van der Waals surface area contributed by atoms with Gasteiger partial charge in [0.2, 0.25) is 0 Å². The summed E-state index contributed by atoms with van der Waals surface area (Å²) in [5.41, 5.74) is 2.70. The molecule has 6 heteroatoms. The fraction of sp³-hybridized carbons (Fsp3) is 0.529. The maximum absolute atomic E-state index is 12.1. The van der Waals surface area contributed by atoms with Gasteiger partial charge in [0, 0.05) is 12.3 Å². The Hall–Kier alpha value is -1.92. The molecule has 1 aromatic rings. The third-order valence-electron chi connectivity index (χ3n) is 3.51. The van der Waals surface area contributed by atoms with Crippen LogP contribution in [0.3, 0.4) is 0 Å². The molecule has 0 unspecified atom stereocenters. The lowest BCUT2D eigenvalue weighted by molar-refractivity contribution is -0.127. The van der Waals surface area contributed by atoms with Gasteiger partial charge in [-0.05, 0) is 51.0 Å². The van der Waals surface area contributed by atoms with Gasteiger partial charge in [0.1, 0.15) is 6.10 Å². The highest BCUT2D eigenvalue weighted by Crippen LogP contribution is 2.21. The van der Waals surface area contributed by atoms with Gasteiger partial charge in [0.05, 0.1) is 25.9 Å². The lowest BCUT2D eigenvalue weighted by atomic mass is 10.0. The zero-order chi connectivity index (χ0) is 17.4. The molecular weight excluding hydrogens is 298 g/mol. The average molecular weight is 323 g/mol. The normalized spacial score (nSPS) is 11.9. The lowest BCUT2D eigenvalue weighted by Gasteiger charge is -2.15.